The van der Waals surface area contributed by atoms with Crippen LogP contribution in [0.2, 0.25) is 5.02 Å². The molecule has 2 aliphatic rings. The fourth-order valence-corrected chi connectivity index (χ4v) is 3.69. The van der Waals surface area contributed by atoms with Crippen molar-refractivity contribution >= 4 is 23.4 Å². The average molecular weight is 347 g/mol. The van der Waals surface area contributed by atoms with E-state index in [1.165, 1.54) is 4.90 Å². The maximum atomic E-state index is 11.5. The maximum absolute atomic E-state index is 11.5. The average Bonchev–Trinajstić information content (AvgIpc) is 3.02. The molecule has 0 spiro atoms. The zero-order valence-corrected chi connectivity index (χ0v) is 14.6. The second-order valence-corrected chi connectivity index (χ2v) is 7.54. The molecular formula is C18H19ClN2O3. The molecule has 2 unspecified atom stereocenters. The lowest BCUT2D eigenvalue weighted by atomic mass is 9.62. The van der Waals surface area contributed by atoms with E-state index >= 15 is 0 Å². The van der Waals surface area contributed by atoms with Crippen LogP contribution in [0.1, 0.15) is 32.8 Å². The molecule has 6 heteroatoms. The number of hydrogen-bond donors (Lipinski definition) is 1. The number of carboxylic acid groups (broad SMARTS) is 1. The van der Waals surface area contributed by atoms with E-state index in [0.717, 1.165) is 5.56 Å². The zero-order chi connectivity index (χ0) is 17.5. The molecule has 1 amide bonds. The summed E-state index contributed by atoms with van der Waals surface area (Å²) >= 11 is 5.99. The highest BCUT2D eigenvalue weighted by molar-refractivity contribution is 6.30. The van der Waals surface area contributed by atoms with Gasteiger partial charge in [-0.05, 0) is 36.0 Å². The van der Waals surface area contributed by atoms with E-state index < -0.39 is 17.7 Å². The van der Waals surface area contributed by atoms with Crippen LogP contribution < -0.4 is 0 Å². The number of amides is 1. The maximum Gasteiger partial charge on any atom is 0.410 e. The fraction of sp³-hybridized carbons (Fsp3) is 0.444. The molecule has 1 saturated heterocycles. The summed E-state index contributed by atoms with van der Waals surface area (Å²) in [6.07, 6.45) is -0.986. The number of fused-ring (bicyclic) bond motifs is 1. The van der Waals surface area contributed by atoms with Crippen molar-refractivity contribution in [3.05, 3.63) is 34.9 Å². The molecule has 1 N–H and O–H groups in total. The Morgan fingerprint density at radius 2 is 2.21 bits per heavy atom. The number of benzene rings is 1. The lowest BCUT2D eigenvalue weighted by molar-refractivity contribution is -0.0678. The Labute approximate surface area is 146 Å². The van der Waals surface area contributed by atoms with Gasteiger partial charge in [0.1, 0.15) is 5.71 Å². The second-order valence-electron chi connectivity index (χ2n) is 7.11. The number of rotatable bonds is 0. The van der Waals surface area contributed by atoms with Crippen LogP contribution in [-0.4, -0.2) is 34.6 Å². The third-order valence-corrected chi connectivity index (χ3v) is 5.09. The van der Waals surface area contributed by atoms with Crippen molar-refractivity contribution in [1.29, 1.82) is 0 Å². The highest BCUT2D eigenvalue weighted by atomic mass is 35.5. The standard InChI is InChI=1S/C18H19ClN2O3/c1-17(2,3)18-9-10-21(16(22)23)15(18)24-20-14(18)8-7-12-5-4-6-13(19)11-12/h4-6,11,15H,9-10H2,1-3H3,(H,22,23). The number of likely N-dealkylation sites (tertiary alicyclic amines) is 1. The fourth-order valence-electron chi connectivity index (χ4n) is 3.50. The van der Waals surface area contributed by atoms with Gasteiger partial charge < -0.3 is 9.94 Å². The molecule has 1 fully saturated rings. The topological polar surface area (TPSA) is 62.1 Å². The molecule has 1 aromatic carbocycles. The molecule has 0 aromatic heterocycles. The first-order valence-corrected chi connectivity index (χ1v) is 8.15. The van der Waals surface area contributed by atoms with Gasteiger partial charge in [-0.25, -0.2) is 4.79 Å². The smallest absolute Gasteiger partial charge is 0.410 e. The highest BCUT2D eigenvalue weighted by Crippen LogP contribution is 2.54. The quantitative estimate of drug-likeness (QED) is 0.726. The Morgan fingerprint density at radius 3 is 2.83 bits per heavy atom. The monoisotopic (exact) mass is 346 g/mol. The van der Waals surface area contributed by atoms with Gasteiger partial charge in [-0.1, -0.05) is 49.5 Å². The van der Waals surface area contributed by atoms with Gasteiger partial charge in [0.2, 0.25) is 6.23 Å². The lowest BCUT2D eigenvalue weighted by Crippen LogP contribution is -2.50. The van der Waals surface area contributed by atoms with Crippen LogP contribution in [-0.2, 0) is 4.84 Å². The summed E-state index contributed by atoms with van der Waals surface area (Å²) in [6.45, 7) is 6.61. The Kier molecular flexibility index (Phi) is 3.97. The first-order chi connectivity index (χ1) is 11.3. The van der Waals surface area contributed by atoms with E-state index in [1.807, 2.05) is 12.1 Å². The predicted molar refractivity (Wildman–Crippen MR) is 91.9 cm³/mol. The minimum atomic E-state index is -0.995. The molecule has 1 aromatic rings. The predicted octanol–water partition coefficient (Wildman–Crippen LogP) is 3.82. The highest BCUT2D eigenvalue weighted by Gasteiger charge is 2.63. The van der Waals surface area contributed by atoms with E-state index in [-0.39, 0.29) is 5.41 Å². The second kappa shape index (κ2) is 5.71. The summed E-state index contributed by atoms with van der Waals surface area (Å²) in [7, 11) is 0. The van der Waals surface area contributed by atoms with Crippen LogP contribution in [0.4, 0.5) is 4.79 Å². The van der Waals surface area contributed by atoms with Gasteiger partial charge in [0.15, 0.2) is 0 Å². The van der Waals surface area contributed by atoms with Gasteiger partial charge >= 0.3 is 6.09 Å². The number of oxime groups is 1. The van der Waals surface area contributed by atoms with Gasteiger partial charge in [0, 0.05) is 17.1 Å². The minimum absolute atomic E-state index is 0.250. The van der Waals surface area contributed by atoms with Gasteiger partial charge in [0.25, 0.3) is 0 Å². The van der Waals surface area contributed by atoms with Crippen LogP contribution in [0.3, 0.4) is 0 Å². The molecule has 5 nitrogen and oxygen atoms in total. The summed E-state index contributed by atoms with van der Waals surface area (Å²) in [5.41, 5.74) is 0.589. The van der Waals surface area contributed by atoms with Crippen LogP contribution in [0.25, 0.3) is 0 Å². The van der Waals surface area contributed by atoms with E-state index in [0.29, 0.717) is 23.7 Å². The van der Waals surface area contributed by atoms with Crippen molar-refractivity contribution < 1.29 is 14.7 Å². The Hall–Kier alpha value is -2.19. The number of hydrogen-bond acceptors (Lipinski definition) is 3. The Balaban J connectivity index is 1.99. The molecule has 3 rings (SSSR count). The third kappa shape index (κ3) is 2.51. The molecule has 0 radical (unpaired) electrons. The first kappa shape index (κ1) is 16.7. The SMILES string of the molecule is CC(C)(C)C12CCN(C(=O)O)C1ON=C2C#Cc1cccc(Cl)c1. The van der Waals surface area contributed by atoms with Crippen molar-refractivity contribution in [2.45, 2.75) is 33.4 Å². The van der Waals surface area contributed by atoms with Gasteiger partial charge in [-0.2, -0.15) is 0 Å². The van der Waals surface area contributed by atoms with Gasteiger partial charge in [-0.15, -0.1) is 0 Å². The third-order valence-electron chi connectivity index (χ3n) is 4.85. The summed E-state index contributed by atoms with van der Waals surface area (Å²) < 4.78 is 0. The molecule has 2 atom stereocenters. The molecule has 0 bridgehead atoms. The summed E-state index contributed by atoms with van der Waals surface area (Å²) in [4.78, 5) is 18.3. The Bertz CT molecular complexity index is 772. The van der Waals surface area contributed by atoms with Crippen molar-refractivity contribution in [3.63, 3.8) is 0 Å². The molecule has 2 heterocycles. The van der Waals surface area contributed by atoms with E-state index in [1.54, 1.807) is 12.1 Å². The van der Waals surface area contributed by atoms with Gasteiger partial charge in [0.05, 0.1) is 5.41 Å². The first-order valence-electron chi connectivity index (χ1n) is 7.77. The van der Waals surface area contributed by atoms with Crippen LogP contribution in [0, 0.1) is 22.7 Å². The largest absolute Gasteiger partial charge is 0.465 e. The van der Waals surface area contributed by atoms with Crippen LogP contribution >= 0.6 is 11.6 Å². The molecule has 0 aliphatic carbocycles. The summed E-state index contributed by atoms with van der Waals surface area (Å²) in [5.74, 6) is 6.17. The number of halogens is 1. The van der Waals surface area contributed by atoms with Crippen molar-refractivity contribution in [2.75, 3.05) is 6.54 Å². The lowest BCUT2D eigenvalue weighted by Gasteiger charge is -2.39. The van der Waals surface area contributed by atoms with Crippen LogP contribution in [0.15, 0.2) is 29.4 Å². The van der Waals surface area contributed by atoms with Crippen LogP contribution in [0.5, 0.6) is 0 Å². The Morgan fingerprint density at radius 1 is 1.46 bits per heavy atom. The summed E-state index contributed by atoms with van der Waals surface area (Å²) in [5, 5.41) is 14.2. The minimum Gasteiger partial charge on any atom is -0.465 e. The van der Waals surface area contributed by atoms with E-state index in [9.17, 15) is 9.90 Å². The van der Waals surface area contributed by atoms with Gasteiger partial charge in [-0.3, -0.25) is 4.90 Å². The molecule has 2 aliphatic heterocycles. The number of carbonyl (C=O) groups is 1. The van der Waals surface area contributed by atoms with Crippen molar-refractivity contribution in [3.8, 4) is 11.8 Å². The normalized spacial score (nSPS) is 25.4. The van der Waals surface area contributed by atoms with Crippen molar-refractivity contribution in [1.82, 2.24) is 4.90 Å². The summed E-state index contributed by atoms with van der Waals surface area (Å²) in [6, 6.07) is 7.28. The molecule has 126 valence electrons. The van der Waals surface area contributed by atoms with E-state index in [4.69, 9.17) is 16.4 Å². The van der Waals surface area contributed by atoms with Crippen molar-refractivity contribution in [2.24, 2.45) is 16.0 Å². The van der Waals surface area contributed by atoms with E-state index in [2.05, 4.69) is 37.8 Å². The molecular weight excluding hydrogens is 328 g/mol. The number of nitrogens with zero attached hydrogens (tertiary/aromatic N) is 2. The molecule has 24 heavy (non-hydrogen) atoms. The molecule has 0 saturated carbocycles. The zero-order valence-electron chi connectivity index (χ0n) is 13.8.